The molecular weight excluding hydrogens is 244 g/mol. The molecule has 7 nitrogen and oxygen atoms in total. The van der Waals surface area contributed by atoms with Gasteiger partial charge in [-0.2, -0.15) is 5.10 Å². The molecule has 0 fully saturated rings. The van der Waals surface area contributed by atoms with Crippen molar-refractivity contribution in [1.29, 1.82) is 0 Å². The monoisotopic (exact) mass is 262 g/mol. The van der Waals surface area contributed by atoms with Crippen LogP contribution in [0.1, 0.15) is 30.2 Å². The maximum Gasteiger partial charge on any atom is 0.159 e. The number of hydrogen-bond donors (Lipinski definition) is 1. The Labute approximate surface area is 111 Å². The average molecular weight is 262 g/mol. The van der Waals surface area contributed by atoms with Gasteiger partial charge in [0.05, 0.1) is 12.2 Å². The van der Waals surface area contributed by atoms with Gasteiger partial charge in [0.1, 0.15) is 12.4 Å². The highest BCUT2D eigenvalue weighted by Crippen LogP contribution is 2.25. The standard InChI is InChI=1S/C12H18N6O/c1-9-12-16-15-11(8-19-2)18(12)4-3-17(9)7-10-5-13-14-6-10/h5-6,9H,3-4,7-8H2,1-2H3,(H,13,14). The number of rotatable bonds is 4. The van der Waals surface area contributed by atoms with E-state index >= 15 is 0 Å². The van der Waals surface area contributed by atoms with E-state index in [1.165, 1.54) is 5.56 Å². The highest BCUT2D eigenvalue weighted by molar-refractivity contribution is 5.07. The Morgan fingerprint density at radius 2 is 2.32 bits per heavy atom. The molecule has 0 aliphatic carbocycles. The molecule has 0 radical (unpaired) electrons. The van der Waals surface area contributed by atoms with Crippen LogP contribution in [0, 0.1) is 0 Å². The van der Waals surface area contributed by atoms with Crippen LogP contribution < -0.4 is 0 Å². The number of nitrogens with one attached hydrogen (secondary N) is 1. The lowest BCUT2D eigenvalue weighted by molar-refractivity contribution is 0.143. The highest BCUT2D eigenvalue weighted by atomic mass is 16.5. The summed E-state index contributed by atoms with van der Waals surface area (Å²) in [6.45, 7) is 5.44. The quantitative estimate of drug-likeness (QED) is 0.879. The molecule has 0 spiro atoms. The second-order valence-electron chi connectivity index (χ2n) is 4.81. The Kier molecular flexibility index (Phi) is 3.31. The topological polar surface area (TPSA) is 71.9 Å². The number of hydrogen-bond acceptors (Lipinski definition) is 5. The number of ether oxygens (including phenoxy) is 1. The largest absolute Gasteiger partial charge is 0.377 e. The van der Waals surface area contributed by atoms with Crippen LogP contribution in [0.3, 0.4) is 0 Å². The lowest BCUT2D eigenvalue weighted by atomic mass is 10.2. The number of aromatic nitrogens is 5. The van der Waals surface area contributed by atoms with Gasteiger partial charge in [0, 0.05) is 38.5 Å². The van der Waals surface area contributed by atoms with Gasteiger partial charge in [-0.1, -0.05) is 0 Å². The molecule has 1 N–H and O–H groups in total. The Morgan fingerprint density at radius 1 is 1.42 bits per heavy atom. The summed E-state index contributed by atoms with van der Waals surface area (Å²) in [6, 6.07) is 0.252. The fraction of sp³-hybridized carbons (Fsp3) is 0.583. The molecule has 0 saturated heterocycles. The summed E-state index contributed by atoms with van der Waals surface area (Å²) in [6.07, 6.45) is 3.80. The van der Waals surface area contributed by atoms with Crippen LogP contribution >= 0.6 is 0 Å². The maximum atomic E-state index is 5.15. The minimum atomic E-state index is 0.252. The van der Waals surface area contributed by atoms with Gasteiger partial charge < -0.3 is 9.30 Å². The highest BCUT2D eigenvalue weighted by Gasteiger charge is 2.28. The molecule has 2 aromatic heterocycles. The van der Waals surface area contributed by atoms with Crippen molar-refractivity contribution in [2.75, 3.05) is 13.7 Å². The predicted octanol–water partition coefficient (Wildman–Crippen LogP) is 0.724. The van der Waals surface area contributed by atoms with Crippen molar-refractivity contribution < 1.29 is 4.74 Å². The molecule has 3 rings (SSSR count). The van der Waals surface area contributed by atoms with Crippen LogP contribution in [0.15, 0.2) is 12.4 Å². The van der Waals surface area contributed by atoms with E-state index in [-0.39, 0.29) is 6.04 Å². The molecule has 1 aliphatic heterocycles. The molecule has 0 bridgehead atoms. The van der Waals surface area contributed by atoms with E-state index in [1.54, 1.807) is 7.11 Å². The van der Waals surface area contributed by atoms with Crippen molar-refractivity contribution in [3.8, 4) is 0 Å². The molecule has 2 aromatic rings. The van der Waals surface area contributed by atoms with E-state index in [9.17, 15) is 0 Å². The van der Waals surface area contributed by atoms with E-state index in [1.807, 2.05) is 12.4 Å². The summed E-state index contributed by atoms with van der Waals surface area (Å²) in [5, 5.41) is 15.3. The third-order valence-electron chi connectivity index (χ3n) is 3.60. The molecule has 7 heteroatoms. The second-order valence-corrected chi connectivity index (χ2v) is 4.81. The van der Waals surface area contributed by atoms with Gasteiger partial charge >= 0.3 is 0 Å². The minimum Gasteiger partial charge on any atom is -0.377 e. The first kappa shape index (κ1) is 12.3. The van der Waals surface area contributed by atoms with Crippen molar-refractivity contribution >= 4 is 0 Å². The number of methoxy groups -OCH3 is 1. The zero-order valence-corrected chi connectivity index (χ0v) is 11.2. The van der Waals surface area contributed by atoms with Crippen molar-refractivity contribution in [3.63, 3.8) is 0 Å². The summed E-state index contributed by atoms with van der Waals surface area (Å²) in [5.74, 6) is 1.93. The summed E-state index contributed by atoms with van der Waals surface area (Å²) in [4.78, 5) is 2.38. The molecule has 0 saturated carbocycles. The van der Waals surface area contributed by atoms with Crippen molar-refractivity contribution in [2.24, 2.45) is 0 Å². The van der Waals surface area contributed by atoms with E-state index < -0.39 is 0 Å². The van der Waals surface area contributed by atoms with Gasteiger partial charge in [-0.15, -0.1) is 10.2 Å². The van der Waals surface area contributed by atoms with Crippen molar-refractivity contribution in [1.82, 2.24) is 29.9 Å². The number of aromatic amines is 1. The summed E-state index contributed by atoms with van der Waals surface area (Å²) in [7, 11) is 1.68. The molecule has 19 heavy (non-hydrogen) atoms. The molecule has 0 amide bonds. The Hall–Kier alpha value is -1.73. The Bertz CT molecular complexity index is 534. The van der Waals surface area contributed by atoms with Gasteiger partial charge in [0.25, 0.3) is 0 Å². The van der Waals surface area contributed by atoms with Crippen LogP contribution in [-0.4, -0.2) is 43.5 Å². The van der Waals surface area contributed by atoms with Crippen LogP contribution in [-0.2, 0) is 24.4 Å². The van der Waals surface area contributed by atoms with Crippen LogP contribution in [0.4, 0.5) is 0 Å². The second kappa shape index (κ2) is 5.10. The average Bonchev–Trinajstić information content (AvgIpc) is 3.04. The smallest absolute Gasteiger partial charge is 0.159 e. The molecule has 1 atom stereocenters. The third kappa shape index (κ3) is 2.26. The molecule has 1 aliphatic rings. The van der Waals surface area contributed by atoms with E-state index in [0.717, 1.165) is 31.3 Å². The first-order valence-electron chi connectivity index (χ1n) is 6.42. The summed E-state index contributed by atoms with van der Waals surface area (Å²) in [5.41, 5.74) is 1.19. The number of nitrogens with zero attached hydrogens (tertiary/aromatic N) is 5. The number of H-pyrrole nitrogens is 1. The Balaban J connectivity index is 1.78. The van der Waals surface area contributed by atoms with Crippen molar-refractivity contribution in [2.45, 2.75) is 32.7 Å². The summed E-state index contributed by atoms with van der Waals surface area (Å²) < 4.78 is 7.32. The van der Waals surface area contributed by atoms with E-state index in [4.69, 9.17) is 4.74 Å². The van der Waals surface area contributed by atoms with Gasteiger partial charge in [0.15, 0.2) is 5.82 Å². The minimum absolute atomic E-state index is 0.252. The Morgan fingerprint density at radius 3 is 3.05 bits per heavy atom. The lowest BCUT2D eigenvalue weighted by Crippen LogP contribution is -2.37. The zero-order valence-electron chi connectivity index (χ0n) is 11.2. The van der Waals surface area contributed by atoms with Crippen molar-refractivity contribution in [3.05, 3.63) is 29.6 Å². The fourth-order valence-corrected chi connectivity index (χ4v) is 2.54. The summed E-state index contributed by atoms with van der Waals surface area (Å²) >= 11 is 0. The van der Waals surface area contributed by atoms with Crippen LogP contribution in [0.5, 0.6) is 0 Å². The first-order chi connectivity index (χ1) is 9.29. The van der Waals surface area contributed by atoms with Gasteiger partial charge in [-0.3, -0.25) is 10.00 Å². The molecule has 0 aromatic carbocycles. The predicted molar refractivity (Wildman–Crippen MR) is 68.1 cm³/mol. The van der Waals surface area contributed by atoms with E-state index in [2.05, 4.69) is 36.8 Å². The van der Waals surface area contributed by atoms with Gasteiger partial charge in [-0.05, 0) is 6.92 Å². The van der Waals surface area contributed by atoms with Crippen LogP contribution in [0.25, 0.3) is 0 Å². The number of fused-ring (bicyclic) bond motifs is 1. The molecule has 102 valence electrons. The van der Waals surface area contributed by atoms with Gasteiger partial charge in [0.2, 0.25) is 0 Å². The maximum absolute atomic E-state index is 5.15. The van der Waals surface area contributed by atoms with E-state index in [0.29, 0.717) is 6.61 Å². The lowest BCUT2D eigenvalue weighted by Gasteiger charge is -2.33. The fourth-order valence-electron chi connectivity index (χ4n) is 2.54. The third-order valence-corrected chi connectivity index (χ3v) is 3.60. The molecular formula is C12H18N6O. The first-order valence-corrected chi connectivity index (χ1v) is 6.42. The normalized spacial score (nSPS) is 19.6. The molecule has 3 heterocycles. The van der Waals surface area contributed by atoms with Gasteiger partial charge in [-0.25, -0.2) is 0 Å². The van der Waals surface area contributed by atoms with Crippen LogP contribution in [0.2, 0.25) is 0 Å². The SMILES string of the molecule is COCc1nnc2n1CCN(Cc1cn[nH]c1)C2C. The zero-order chi connectivity index (χ0) is 13.2. The molecule has 1 unspecified atom stereocenters.